The highest BCUT2D eigenvalue weighted by atomic mass is 16.3. The topological polar surface area (TPSA) is 62.8 Å². The number of amides is 1. The summed E-state index contributed by atoms with van der Waals surface area (Å²) in [4.78, 5) is 23.4. The van der Waals surface area contributed by atoms with Crippen molar-refractivity contribution in [1.29, 1.82) is 0 Å². The molecule has 0 bridgehead atoms. The molecule has 4 rings (SSSR count). The van der Waals surface area contributed by atoms with Crippen molar-refractivity contribution in [1.82, 2.24) is 19.7 Å². The lowest BCUT2D eigenvalue weighted by Gasteiger charge is -2.46. The van der Waals surface area contributed by atoms with E-state index in [0.29, 0.717) is 17.7 Å². The number of likely N-dealkylation sites (N-methyl/N-ethyl adjacent to an activating group) is 1. The number of para-hydroxylation sites is 1. The number of nitrogens with zero attached hydrogens (tertiary/aromatic N) is 3. The molecule has 2 saturated heterocycles. The second kappa shape index (κ2) is 8.64. The monoisotopic (exact) mass is 384 g/mol. The number of likely N-dealkylation sites (tertiary alicyclic amines) is 1. The summed E-state index contributed by atoms with van der Waals surface area (Å²) >= 11 is 0. The van der Waals surface area contributed by atoms with Gasteiger partial charge in [-0.05, 0) is 44.4 Å². The molecule has 0 aliphatic carbocycles. The van der Waals surface area contributed by atoms with E-state index < -0.39 is 0 Å². The van der Waals surface area contributed by atoms with Crippen LogP contribution >= 0.6 is 0 Å². The van der Waals surface area contributed by atoms with Gasteiger partial charge in [-0.15, -0.1) is 0 Å². The number of piperazine rings is 1. The molecule has 0 radical (unpaired) electrons. The predicted molar refractivity (Wildman–Crippen MR) is 111 cm³/mol. The van der Waals surface area contributed by atoms with Crippen LogP contribution < -0.4 is 0 Å². The summed E-state index contributed by atoms with van der Waals surface area (Å²) < 4.78 is 0. The SMILES string of the molecule is CN1CCN(C2CCN(C(=O)c3cc4ccccc4[nH]3)CC2CCCO)CC1. The summed E-state index contributed by atoms with van der Waals surface area (Å²) in [5, 5.41) is 10.4. The van der Waals surface area contributed by atoms with E-state index >= 15 is 0 Å². The first-order chi connectivity index (χ1) is 13.7. The first-order valence-electron chi connectivity index (χ1n) is 10.6. The number of benzene rings is 1. The Morgan fingerprint density at radius 2 is 1.96 bits per heavy atom. The van der Waals surface area contributed by atoms with Gasteiger partial charge in [-0.25, -0.2) is 0 Å². The van der Waals surface area contributed by atoms with Crippen LogP contribution in [0.1, 0.15) is 29.8 Å². The molecule has 6 nitrogen and oxygen atoms in total. The van der Waals surface area contributed by atoms with Gasteiger partial charge >= 0.3 is 0 Å². The van der Waals surface area contributed by atoms with Gasteiger partial charge in [0, 0.05) is 62.8 Å². The maximum atomic E-state index is 13.1. The maximum Gasteiger partial charge on any atom is 0.270 e. The van der Waals surface area contributed by atoms with Crippen molar-refractivity contribution in [3.63, 3.8) is 0 Å². The van der Waals surface area contributed by atoms with Gasteiger partial charge in [-0.3, -0.25) is 9.69 Å². The summed E-state index contributed by atoms with van der Waals surface area (Å²) in [6.07, 6.45) is 2.80. The Kier molecular flexibility index (Phi) is 5.99. The van der Waals surface area contributed by atoms with E-state index in [4.69, 9.17) is 0 Å². The minimum Gasteiger partial charge on any atom is -0.396 e. The zero-order chi connectivity index (χ0) is 19.5. The van der Waals surface area contributed by atoms with Crippen LogP contribution in [-0.4, -0.2) is 89.7 Å². The van der Waals surface area contributed by atoms with Crippen LogP contribution in [0.4, 0.5) is 0 Å². The van der Waals surface area contributed by atoms with Crippen molar-refractivity contribution >= 4 is 16.8 Å². The Morgan fingerprint density at radius 3 is 2.71 bits per heavy atom. The molecule has 2 aromatic rings. The summed E-state index contributed by atoms with van der Waals surface area (Å²) in [5.74, 6) is 0.527. The second-order valence-electron chi connectivity index (χ2n) is 8.34. The fraction of sp³-hybridized carbons (Fsp3) is 0.591. The number of aliphatic hydroxyl groups excluding tert-OH is 1. The first-order valence-corrected chi connectivity index (χ1v) is 10.6. The number of carbonyl (C=O) groups is 1. The lowest BCUT2D eigenvalue weighted by atomic mass is 9.86. The van der Waals surface area contributed by atoms with Gasteiger partial charge in [0.1, 0.15) is 5.69 Å². The number of hydrogen-bond donors (Lipinski definition) is 2. The van der Waals surface area contributed by atoms with Crippen molar-refractivity contribution < 1.29 is 9.90 Å². The number of H-pyrrole nitrogens is 1. The molecular weight excluding hydrogens is 352 g/mol. The Balaban J connectivity index is 1.46. The van der Waals surface area contributed by atoms with Gasteiger partial charge in [0.05, 0.1) is 0 Å². The third-order valence-electron chi connectivity index (χ3n) is 6.48. The van der Waals surface area contributed by atoms with Crippen molar-refractivity contribution in [2.75, 3.05) is 52.9 Å². The van der Waals surface area contributed by atoms with Crippen molar-refractivity contribution in [2.24, 2.45) is 5.92 Å². The largest absolute Gasteiger partial charge is 0.396 e. The standard InChI is InChI=1S/C22H32N4O2/c1-24-10-12-25(13-11-24)21-8-9-26(16-18(21)6-4-14-27)22(28)20-15-17-5-2-3-7-19(17)23-20/h2-3,5,7,15,18,21,23,27H,4,6,8-14,16H2,1H3. The van der Waals surface area contributed by atoms with Crippen LogP contribution in [0, 0.1) is 5.92 Å². The Labute approximate surface area is 167 Å². The van der Waals surface area contributed by atoms with Gasteiger partial charge in [-0.1, -0.05) is 18.2 Å². The van der Waals surface area contributed by atoms with Gasteiger partial charge < -0.3 is 19.9 Å². The Hall–Kier alpha value is -1.89. The van der Waals surface area contributed by atoms with Crippen LogP contribution in [0.3, 0.4) is 0 Å². The number of fused-ring (bicyclic) bond motifs is 1. The molecule has 1 aromatic heterocycles. The number of piperidine rings is 1. The molecule has 1 aromatic carbocycles. The summed E-state index contributed by atoms with van der Waals surface area (Å²) in [7, 11) is 2.18. The molecular formula is C22H32N4O2. The average molecular weight is 385 g/mol. The predicted octanol–water partition coefficient (Wildman–Crippen LogP) is 2.02. The molecule has 2 aliphatic heterocycles. The van der Waals surface area contributed by atoms with Crippen LogP contribution in [0.15, 0.2) is 30.3 Å². The third-order valence-corrected chi connectivity index (χ3v) is 6.48. The van der Waals surface area contributed by atoms with Crippen LogP contribution in [0.25, 0.3) is 10.9 Å². The molecule has 152 valence electrons. The van der Waals surface area contributed by atoms with Gasteiger partial charge in [0.15, 0.2) is 0 Å². The molecule has 6 heteroatoms. The summed E-state index contributed by atoms with van der Waals surface area (Å²) in [6, 6.07) is 10.5. The molecule has 2 unspecified atom stereocenters. The third kappa shape index (κ3) is 4.09. The Bertz CT molecular complexity index is 764. The van der Waals surface area contributed by atoms with Crippen LogP contribution in [0.2, 0.25) is 0 Å². The van der Waals surface area contributed by atoms with Crippen LogP contribution in [-0.2, 0) is 0 Å². The minimum absolute atomic E-state index is 0.0991. The van der Waals surface area contributed by atoms with E-state index in [9.17, 15) is 9.90 Å². The lowest BCUT2D eigenvalue weighted by Crippen LogP contribution is -2.57. The van der Waals surface area contributed by atoms with Gasteiger partial charge in [0.25, 0.3) is 5.91 Å². The molecule has 2 fully saturated rings. The number of aliphatic hydroxyl groups is 1. The van der Waals surface area contributed by atoms with Crippen molar-refractivity contribution in [3.05, 3.63) is 36.0 Å². The van der Waals surface area contributed by atoms with E-state index in [1.807, 2.05) is 35.2 Å². The molecule has 2 aliphatic rings. The fourth-order valence-electron chi connectivity index (χ4n) is 4.83. The highest BCUT2D eigenvalue weighted by molar-refractivity contribution is 5.98. The van der Waals surface area contributed by atoms with Crippen LogP contribution in [0.5, 0.6) is 0 Å². The quantitative estimate of drug-likeness (QED) is 0.828. The number of rotatable bonds is 5. The number of nitrogens with one attached hydrogen (secondary N) is 1. The first kappa shape index (κ1) is 19.4. The summed E-state index contributed by atoms with van der Waals surface area (Å²) in [6.45, 7) is 6.25. The van der Waals surface area contributed by atoms with E-state index in [-0.39, 0.29) is 12.5 Å². The number of aromatic amines is 1. The number of carbonyl (C=O) groups excluding carboxylic acids is 1. The molecule has 3 heterocycles. The lowest BCUT2D eigenvalue weighted by molar-refractivity contribution is 0.0216. The van der Waals surface area contributed by atoms with Gasteiger partial charge in [0.2, 0.25) is 0 Å². The molecule has 0 saturated carbocycles. The molecule has 2 atom stereocenters. The molecule has 1 amide bonds. The highest BCUT2D eigenvalue weighted by Crippen LogP contribution is 2.28. The van der Waals surface area contributed by atoms with E-state index in [1.54, 1.807) is 0 Å². The minimum atomic E-state index is 0.0991. The number of hydrogen-bond acceptors (Lipinski definition) is 4. The van der Waals surface area contributed by atoms with E-state index in [0.717, 1.165) is 69.4 Å². The van der Waals surface area contributed by atoms with Crippen molar-refractivity contribution in [2.45, 2.75) is 25.3 Å². The zero-order valence-electron chi connectivity index (χ0n) is 16.8. The Morgan fingerprint density at radius 1 is 1.18 bits per heavy atom. The zero-order valence-corrected chi connectivity index (χ0v) is 16.8. The van der Waals surface area contributed by atoms with Gasteiger partial charge in [-0.2, -0.15) is 0 Å². The van der Waals surface area contributed by atoms with E-state index in [2.05, 4.69) is 21.8 Å². The van der Waals surface area contributed by atoms with E-state index in [1.165, 1.54) is 0 Å². The fourth-order valence-corrected chi connectivity index (χ4v) is 4.83. The highest BCUT2D eigenvalue weighted by Gasteiger charge is 2.36. The maximum absolute atomic E-state index is 13.1. The smallest absolute Gasteiger partial charge is 0.270 e. The number of aromatic nitrogens is 1. The molecule has 28 heavy (non-hydrogen) atoms. The second-order valence-corrected chi connectivity index (χ2v) is 8.34. The normalized spacial score (nSPS) is 24.7. The van der Waals surface area contributed by atoms with Crippen molar-refractivity contribution in [3.8, 4) is 0 Å². The molecule has 0 spiro atoms. The average Bonchev–Trinajstić information content (AvgIpc) is 3.16. The molecule has 2 N–H and O–H groups in total. The summed E-state index contributed by atoms with van der Waals surface area (Å²) in [5.41, 5.74) is 1.69.